The normalized spacial score (nSPS) is 28.4. The summed E-state index contributed by atoms with van der Waals surface area (Å²) in [4.78, 5) is 27.7. The van der Waals surface area contributed by atoms with Gasteiger partial charge in [0.05, 0.1) is 19.1 Å². The van der Waals surface area contributed by atoms with E-state index in [1.54, 1.807) is 9.80 Å². The summed E-state index contributed by atoms with van der Waals surface area (Å²) < 4.78 is 0. The molecular weight excluding hydrogens is 290 g/mol. The number of quaternary nitrogens is 1. The summed E-state index contributed by atoms with van der Waals surface area (Å²) in [5, 5.41) is 3.06. The zero-order valence-corrected chi connectivity index (χ0v) is 15.1. The number of likely N-dealkylation sites (tertiary alicyclic amines) is 2. The molecule has 2 fully saturated rings. The van der Waals surface area contributed by atoms with Crippen LogP contribution in [-0.2, 0) is 9.59 Å². The Kier molecular flexibility index (Phi) is 6.88. The van der Waals surface area contributed by atoms with Crippen LogP contribution in [0.4, 0.5) is 0 Å². The predicted molar refractivity (Wildman–Crippen MR) is 91.3 cm³/mol. The molecule has 0 aromatic rings. The summed E-state index contributed by atoms with van der Waals surface area (Å²) in [7, 11) is 0. The molecule has 5 heteroatoms. The molecule has 2 rings (SSSR count). The molecule has 2 amide bonds. The molecule has 2 saturated heterocycles. The first kappa shape index (κ1) is 18.2. The first-order valence-electron chi connectivity index (χ1n) is 9.48. The molecule has 2 aliphatic rings. The fraction of sp³-hybridized carbons (Fsp3) is 0.889. The summed E-state index contributed by atoms with van der Waals surface area (Å²) in [6.45, 7) is 9.41. The maximum atomic E-state index is 12.4. The first-order chi connectivity index (χ1) is 11.0. The van der Waals surface area contributed by atoms with Gasteiger partial charge < -0.3 is 15.1 Å². The lowest BCUT2D eigenvalue weighted by Gasteiger charge is -2.32. The van der Waals surface area contributed by atoms with Crippen molar-refractivity contribution >= 4 is 11.8 Å². The Bertz CT molecular complexity index is 411. The van der Waals surface area contributed by atoms with Crippen LogP contribution >= 0.6 is 0 Å². The number of piperidine rings is 1. The maximum absolute atomic E-state index is 12.4. The average molecular weight is 324 g/mol. The average Bonchev–Trinajstić information content (AvgIpc) is 2.93. The molecule has 0 saturated carbocycles. The van der Waals surface area contributed by atoms with E-state index < -0.39 is 0 Å². The molecular formula is C18H34N3O2+. The van der Waals surface area contributed by atoms with Gasteiger partial charge in [-0.3, -0.25) is 9.59 Å². The highest BCUT2D eigenvalue weighted by Crippen LogP contribution is 2.21. The van der Waals surface area contributed by atoms with Crippen molar-refractivity contribution in [2.75, 3.05) is 19.6 Å². The topological polar surface area (TPSA) is 53.9 Å². The van der Waals surface area contributed by atoms with Crippen LogP contribution in [0.5, 0.6) is 0 Å². The van der Waals surface area contributed by atoms with Crippen molar-refractivity contribution in [2.24, 2.45) is 0 Å². The van der Waals surface area contributed by atoms with Crippen LogP contribution < -0.4 is 10.2 Å². The van der Waals surface area contributed by atoms with Crippen LogP contribution in [0.3, 0.4) is 0 Å². The fourth-order valence-electron chi connectivity index (χ4n) is 4.23. The van der Waals surface area contributed by atoms with Crippen LogP contribution in [0.25, 0.3) is 0 Å². The van der Waals surface area contributed by atoms with Gasteiger partial charge in [0.25, 0.3) is 0 Å². The Labute approximate surface area is 140 Å². The Morgan fingerprint density at radius 2 is 2.13 bits per heavy atom. The molecule has 5 nitrogen and oxygen atoms in total. The molecule has 2 aliphatic heterocycles. The minimum atomic E-state index is -0.256. The monoisotopic (exact) mass is 324 g/mol. The van der Waals surface area contributed by atoms with Crippen molar-refractivity contribution in [1.82, 2.24) is 10.2 Å². The second-order valence-corrected chi connectivity index (χ2v) is 7.35. The van der Waals surface area contributed by atoms with Crippen LogP contribution in [0, 0.1) is 0 Å². The van der Waals surface area contributed by atoms with Crippen molar-refractivity contribution in [2.45, 2.75) is 83.8 Å². The van der Waals surface area contributed by atoms with Gasteiger partial charge in [0.15, 0.2) is 0 Å². The lowest BCUT2D eigenvalue weighted by Crippen LogP contribution is -3.16. The Morgan fingerprint density at radius 3 is 2.83 bits per heavy atom. The maximum Gasteiger partial charge on any atom is 0.242 e. The minimum absolute atomic E-state index is 0.0326. The first-order valence-corrected chi connectivity index (χ1v) is 9.48. The highest BCUT2D eigenvalue weighted by atomic mass is 16.2. The molecule has 0 aliphatic carbocycles. The van der Waals surface area contributed by atoms with Gasteiger partial charge >= 0.3 is 0 Å². The molecule has 23 heavy (non-hydrogen) atoms. The van der Waals surface area contributed by atoms with E-state index in [1.165, 1.54) is 32.2 Å². The predicted octanol–water partition coefficient (Wildman–Crippen LogP) is 0.740. The van der Waals surface area contributed by atoms with Crippen molar-refractivity contribution in [3.8, 4) is 0 Å². The number of hydrogen-bond donors (Lipinski definition) is 2. The highest BCUT2D eigenvalue weighted by Gasteiger charge is 2.37. The van der Waals surface area contributed by atoms with Crippen LogP contribution in [-0.4, -0.2) is 54.5 Å². The third kappa shape index (κ3) is 4.69. The van der Waals surface area contributed by atoms with Gasteiger partial charge in [-0.15, -0.1) is 0 Å². The number of carbonyl (C=O) groups is 2. The zero-order chi connectivity index (χ0) is 16.8. The van der Waals surface area contributed by atoms with Gasteiger partial charge in [-0.25, -0.2) is 0 Å². The summed E-state index contributed by atoms with van der Waals surface area (Å²) in [6.07, 6.45) is 7.52. The molecule has 3 atom stereocenters. The second kappa shape index (κ2) is 8.67. The summed E-state index contributed by atoms with van der Waals surface area (Å²) in [6, 6.07) is 0.653. The number of nitrogens with zero attached hydrogens (tertiary/aromatic N) is 1. The Morgan fingerprint density at radius 1 is 1.35 bits per heavy atom. The number of hydrogen-bond acceptors (Lipinski definition) is 2. The van der Waals surface area contributed by atoms with E-state index in [9.17, 15) is 9.59 Å². The SMILES string of the molecule is CCC1CCCC[NH+]1CCCNC(=O)C1CCC(=O)N1C(C)C. The van der Waals surface area contributed by atoms with Gasteiger partial charge in [-0.2, -0.15) is 0 Å². The van der Waals surface area contributed by atoms with Crippen LogP contribution in [0.2, 0.25) is 0 Å². The van der Waals surface area contributed by atoms with Crippen LogP contribution in [0.1, 0.15) is 65.7 Å². The largest absolute Gasteiger partial charge is 0.354 e. The molecule has 0 bridgehead atoms. The van der Waals surface area contributed by atoms with E-state index in [4.69, 9.17) is 0 Å². The molecule has 3 unspecified atom stereocenters. The summed E-state index contributed by atoms with van der Waals surface area (Å²) in [5.74, 6) is 0.147. The number of rotatable bonds is 7. The van der Waals surface area contributed by atoms with E-state index >= 15 is 0 Å². The lowest BCUT2D eigenvalue weighted by molar-refractivity contribution is -0.930. The molecule has 0 spiro atoms. The van der Waals surface area contributed by atoms with Crippen LogP contribution in [0.15, 0.2) is 0 Å². The molecule has 0 aromatic carbocycles. The summed E-state index contributed by atoms with van der Waals surface area (Å²) >= 11 is 0. The van der Waals surface area contributed by atoms with E-state index in [0.717, 1.165) is 25.6 Å². The lowest BCUT2D eigenvalue weighted by atomic mass is 10.00. The number of nitrogens with one attached hydrogen (secondary N) is 2. The van der Waals surface area contributed by atoms with Gasteiger partial charge in [-0.1, -0.05) is 6.92 Å². The standard InChI is InChI=1S/C18H33N3O2/c1-4-15-8-5-6-12-20(15)13-7-11-19-18(23)16-9-10-17(22)21(16)14(2)3/h14-16H,4-13H2,1-3H3,(H,19,23)/p+1. The van der Waals surface area contributed by atoms with Gasteiger partial charge in [0.1, 0.15) is 6.04 Å². The molecule has 2 heterocycles. The van der Waals surface area contributed by atoms with Gasteiger partial charge in [-0.05, 0) is 46.0 Å². The van der Waals surface area contributed by atoms with E-state index in [1.807, 2.05) is 13.8 Å². The molecule has 0 aromatic heterocycles. The molecule has 0 radical (unpaired) electrons. The van der Waals surface area contributed by atoms with E-state index in [-0.39, 0.29) is 23.9 Å². The zero-order valence-electron chi connectivity index (χ0n) is 15.1. The number of carbonyl (C=O) groups excluding carboxylic acids is 2. The Hall–Kier alpha value is -1.10. The van der Waals surface area contributed by atoms with Crippen molar-refractivity contribution in [1.29, 1.82) is 0 Å². The second-order valence-electron chi connectivity index (χ2n) is 7.35. The van der Waals surface area contributed by atoms with Crippen molar-refractivity contribution in [3.05, 3.63) is 0 Å². The van der Waals surface area contributed by atoms with E-state index in [0.29, 0.717) is 12.8 Å². The number of amides is 2. The van der Waals surface area contributed by atoms with Crippen molar-refractivity contribution in [3.63, 3.8) is 0 Å². The third-order valence-corrected chi connectivity index (χ3v) is 5.46. The molecule has 2 N–H and O–H groups in total. The van der Waals surface area contributed by atoms with Crippen molar-refractivity contribution < 1.29 is 14.5 Å². The molecule has 132 valence electrons. The Balaban J connectivity index is 1.71. The quantitative estimate of drug-likeness (QED) is 0.679. The van der Waals surface area contributed by atoms with Gasteiger partial charge in [0, 0.05) is 25.4 Å². The summed E-state index contributed by atoms with van der Waals surface area (Å²) in [5.41, 5.74) is 0. The third-order valence-electron chi connectivity index (χ3n) is 5.46. The fourth-order valence-corrected chi connectivity index (χ4v) is 4.23. The van der Waals surface area contributed by atoms with E-state index in [2.05, 4.69) is 12.2 Å². The van der Waals surface area contributed by atoms with Gasteiger partial charge in [0.2, 0.25) is 11.8 Å². The smallest absolute Gasteiger partial charge is 0.242 e. The highest BCUT2D eigenvalue weighted by molar-refractivity contribution is 5.91. The minimum Gasteiger partial charge on any atom is -0.354 e.